The highest BCUT2D eigenvalue weighted by Gasteiger charge is 2.20. The second kappa shape index (κ2) is 12.2. The van der Waals surface area contributed by atoms with Crippen molar-refractivity contribution in [1.82, 2.24) is 5.32 Å². The Kier molecular flexibility index (Phi) is 11.8. The van der Waals surface area contributed by atoms with Crippen molar-refractivity contribution in [3.05, 3.63) is 0 Å². The molecule has 3 N–H and O–H groups in total. The van der Waals surface area contributed by atoms with Gasteiger partial charge >= 0.3 is 0 Å². The minimum atomic E-state index is -0.651. The Bertz CT molecular complexity index is 244. The Morgan fingerprint density at radius 1 is 1.10 bits per heavy atom. The summed E-state index contributed by atoms with van der Waals surface area (Å²) in [4.78, 5) is 11.6. The molecule has 0 bridgehead atoms. The molecule has 0 aliphatic carbocycles. The number of hydrogen-bond donors (Lipinski definition) is 3. The van der Waals surface area contributed by atoms with Crippen LogP contribution in [0.1, 0.15) is 72.1 Å². The van der Waals surface area contributed by atoms with E-state index in [9.17, 15) is 15.0 Å². The maximum Gasteiger partial charge on any atom is 0.220 e. The van der Waals surface area contributed by atoms with Gasteiger partial charge in [0.1, 0.15) is 0 Å². The van der Waals surface area contributed by atoms with Crippen molar-refractivity contribution in [2.75, 3.05) is 6.61 Å². The first kappa shape index (κ1) is 19.4. The Balaban J connectivity index is 3.84. The number of rotatable bonds is 12. The van der Waals surface area contributed by atoms with Crippen LogP contribution in [-0.2, 0) is 4.79 Å². The fourth-order valence-electron chi connectivity index (χ4n) is 2.24. The van der Waals surface area contributed by atoms with Crippen LogP contribution < -0.4 is 5.32 Å². The first-order valence-corrected chi connectivity index (χ1v) is 8.09. The van der Waals surface area contributed by atoms with E-state index in [1.807, 2.05) is 13.8 Å². The summed E-state index contributed by atoms with van der Waals surface area (Å²) >= 11 is 0. The van der Waals surface area contributed by atoms with Crippen LogP contribution in [0, 0.1) is 5.92 Å². The van der Waals surface area contributed by atoms with Gasteiger partial charge in [0.05, 0.1) is 18.8 Å². The van der Waals surface area contributed by atoms with Crippen molar-refractivity contribution < 1.29 is 15.0 Å². The smallest absolute Gasteiger partial charge is 0.220 e. The Morgan fingerprint density at radius 3 is 2.25 bits per heavy atom. The summed E-state index contributed by atoms with van der Waals surface area (Å²) in [7, 11) is 0. The molecule has 20 heavy (non-hydrogen) atoms. The van der Waals surface area contributed by atoms with E-state index < -0.39 is 12.1 Å². The van der Waals surface area contributed by atoms with Gasteiger partial charge in [-0.25, -0.2) is 0 Å². The summed E-state index contributed by atoms with van der Waals surface area (Å²) in [5, 5.41) is 22.0. The molecule has 0 saturated heterocycles. The highest BCUT2D eigenvalue weighted by molar-refractivity contribution is 5.76. The molecule has 0 saturated carbocycles. The fourth-order valence-corrected chi connectivity index (χ4v) is 2.24. The van der Waals surface area contributed by atoms with Gasteiger partial charge in [0.25, 0.3) is 0 Å². The van der Waals surface area contributed by atoms with Gasteiger partial charge in [-0.05, 0) is 12.3 Å². The summed E-state index contributed by atoms with van der Waals surface area (Å²) in [6, 6.07) is -0.531. The summed E-state index contributed by atoms with van der Waals surface area (Å²) in [6.07, 6.45) is 7.42. The zero-order valence-electron chi connectivity index (χ0n) is 13.4. The van der Waals surface area contributed by atoms with Crippen LogP contribution in [0.15, 0.2) is 0 Å². The minimum absolute atomic E-state index is 0.0963. The largest absolute Gasteiger partial charge is 0.394 e. The molecule has 1 amide bonds. The van der Waals surface area contributed by atoms with E-state index in [-0.39, 0.29) is 18.4 Å². The number of hydrogen-bond acceptors (Lipinski definition) is 3. The molecule has 1 unspecified atom stereocenters. The van der Waals surface area contributed by atoms with Crippen molar-refractivity contribution in [2.45, 2.75) is 84.3 Å². The third kappa shape index (κ3) is 10.2. The molecule has 0 aliphatic heterocycles. The molecule has 0 heterocycles. The van der Waals surface area contributed by atoms with Crippen LogP contribution >= 0.6 is 0 Å². The minimum Gasteiger partial charge on any atom is -0.394 e. The van der Waals surface area contributed by atoms with Gasteiger partial charge in [-0.3, -0.25) is 4.79 Å². The molecule has 2 atom stereocenters. The molecule has 120 valence electrons. The van der Waals surface area contributed by atoms with Crippen LogP contribution in [0.5, 0.6) is 0 Å². The van der Waals surface area contributed by atoms with Gasteiger partial charge in [0, 0.05) is 6.42 Å². The van der Waals surface area contributed by atoms with Crippen LogP contribution in [0.3, 0.4) is 0 Å². The zero-order chi connectivity index (χ0) is 15.4. The number of amides is 1. The first-order chi connectivity index (χ1) is 9.51. The molecular formula is C16H33NO3. The maximum atomic E-state index is 11.6. The molecule has 0 aromatic carbocycles. The molecule has 0 aromatic heterocycles. The Morgan fingerprint density at radius 2 is 1.70 bits per heavy atom. The van der Waals surface area contributed by atoms with E-state index in [1.54, 1.807) is 0 Å². The normalized spacial score (nSPS) is 14.3. The van der Waals surface area contributed by atoms with E-state index in [0.29, 0.717) is 12.8 Å². The van der Waals surface area contributed by atoms with Crippen LogP contribution in [-0.4, -0.2) is 34.9 Å². The molecule has 0 spiro atoms. The third-order valence-corrected chi connectivity index (χ3v) is 3.45. The lowest BCUT2D eigenvalue weighted by Gasteiger charge is -2.22. The van der Waals surface area contributed by atoms with Gasteiger partial charge in [-0.1, -0.05) is 59.3 Å². The Hall–Kier alpha value is -0.610. The predicted molar refractivity (Wildman–Crippen MR) is 82.5 cm³/mol. The zero-order valence-corrected chi connectivity index (χ0v) is 13.4. The van der Waals surface area contributed by atoms with Gasteiger partial charge in [0.15, 0.2) is 0 Å². The number of aliphatic hydroxyl groups is 2. The number of unbranched alkanes of at least 4 members (excludes halogenated alkanes) is 5. The van der Waals surface area contributed by atoms with Gasteiger partial charge in [-0.2, -0.15) is 0 Å². The highest BCUT2D eigenvalue weighted by atomic mass is 16.3. The van der Waals surface area contributed by atoms with Crippen molar-refractivity contribution in [1.29, 1.82) is 0 Å². The quantitative estimate of drug-likeness (QED) is 0.483. The predicted octanol–water partition coefficient (Wildman–Crippen LogP) is 2.62. The third-order valence-electron chi connectivity index (χ3n) is 3.45. The molecule has 0 radical (unpaired) electrons. The molecule has 0 fully saturated rings. The van der Waals surface area contributed by atoms with E-state index in [0.717, 1.165) is 12.8 Å². The second-order valence-electron chi connectivity index (χ2n) is 6.08. The lowest BCUT2D eigenvalue weighted by Crippen LogP contribution is -2.46. The standard InChI is InChI=1S/C16H33NO3/c1-4-5-6-7-8-9-10-15(19)14(12-18)17-16(20)11-13(2)3/h13-15,18-19H,4-12H2,1-3H3,(H,17,20)/t14-,15?/m0/s1. The monoisotopic (exact) mass is 287 g/mol. The summed E-state index contributed by atoms with van der Waals surface area (Å²) in [5.74, 6) is 0.186. The lowest BCUT2D eigenvalue weighted by atomic mass is 10.0. The van der Waals surface area contributed by atoms with E-state index >= 15 is 0 Å². The topological polar surface area (TPSA) is 69.6 Å². The van der Waals surface area contributed by atoms with Crippen LogP contribution in [0.25, 0.3) is 0 Å². The highest BCUT2D eigenvalue weighted by Crippen LogP contribution is 2.11. The fraction of sp³-hybridized carbons (Fsp3) is 0.938. The number of carbonyl (C=O) groups is 1. The van der Waals surface area contributed by atoms with E-state index in [2.05, 4.69) is 12.2 Å². The lowest BCUT2D eigenvalue weighted by molar-refractivity contribution is -0.123. The van der Waals surface area contributed by atoms with Gasteiger partial charge < -0.3 is 15.5 Å². The summed E-state index contributed by atoms with van der Waals surface area (Å²) in [5.41, 5.74) is 0. The molecule has 0 rings (SSSR count). The summed E-state index contributed by atoms with van der Waals surface area (Å²) in [6.45, 7) is 5.93. The van der Waals surface area contributed by atoms with Crippen molar-refractivity contribution in [3.8, 4) is 0 Å². The molecule has 0 aromatic rings. The van der Waals surface area contributed by atoms with Gasteiger partial charge in [-0.15, -0.1) is 0 Å². The van der Waals surface area contributed by atoms with E-state index in [4.69, 9.17) is 0 Å². The molecule has 0 aliphatic rings. The number of nitrogens with one attached hydrogen (secondary N) is 1. The number of aliphatic hydroxyl groups excluding tert-OH is 2. The second-order valence-corrected chi connectivity index (χ2v) is 6.08. The average molecular weight is 287 g/mol. The molecular weight excluding hydrogens is 254 g/mol. The van der Waals surface area contributed by atoms with Crippen LogP contribution in [0.2, 0.25) is 0 Å². The van der Waals surface area contributed by atoms with Crippen LogP contribution in [0.4, 0.5) is 0 Å². The van der Waals surface area contributed by atoms with Crippen molar-refractivity contribution >= 4 is 5.91 Å². The first-order valence-electron chi connectivity index (χ1n) is 8.09. The SMILES string of the molecule is CCCCCCCCC(O)[C@H](CO)NC(=O)CC(C)C. The van der Waals surface area contributed by atoms with E-state index in [1.165, 1.54) is 25.7 Å². The summed E-state index contributed by atoms with van der Waals surface area (Å²) < 4.78 is 0. The van der Waals surface area contributed by atoms with Crippen molar-refractivity contribution in [3.63, 3.8) is 0 Å². The maximum absolute atomic E-state index is 11.6. The Labute approximate surface area is 124 Å². The average Bonchev–Trinajstić information content (AvgIpc) is 2.38. The molecule has 4 nitrogen and oxygen atoms in total. The van der Waals surface area contributed by atoms with Gasteiger partial charge in [0.2, 0.25) is 5.91 Å². The molecule has 4 heteroatoms. The van der Waals surface area contributed by atoms with Crippen molar-refractivity contribution in [2.24, 2.45) is 5.92 Å². The number of carbonyl (C=O) groups excluding carboxylic acids is 1.